The number of halogens is 2. The SMILES string of the molecule is CC1(NC(=O)c2cc(Cl)cc(S(N)(=O)=O)c2Cl)CCC1. The van der Waals surface area contributed by atoms with Gasteiger partial charge < -0.3 is 5.32 Å². The van der Waals surface area contributed by atoms with Crippen molar-refractivity contribution in [3.8, 4) is 0 Å². The van der Waals surface area contributed by atoms with Crippen LogP contribution in [0.1, 0.15) is 36.5 Å². The first-order chi connectivity index (χ1) is 9.12. The van der Waals surface area contributed by atoms with E-state index in [1.54, 1.807) is 0 Å². The molecule has 0 radical (unpaired) electrons. The molecule has 0 spiro atoms. The Kier molecular flexibility index (Phi) is 4.03. The third kappa shape index (κ3) is 3.09. The van der Waals surface area contributed by atoms with Crippen molar-refractivity contribution in [2.75, 3.05) is 0 Å². The number of primary sulfonamides is 1. The highest BCUT2D eigenvalue weighted by atomic mass is 35.5. The van der Waals surface area contributed by atoms with Gasteiger partial charge in [-0.25, -0.2) is 13.6 Å². The van der Waals surface area contributed by atoms with Gasteiger partial charge in [-0.05, 0) is 38.3 Å². The van der Waals surface area contributed by atoms with Crippen LogP contribution in [-0.4, -0.2) is 19.9 Å². The van der Waals surface area contributed by atoms with Crippen LogP contribution in [-0.2, 0) is 10.0 Å². The molecule has 5 nitrogen and oxygen atoms in total. The smallest absolute Gasteiger partial charge is 0.253 e. The third-order valence-electron chi connectivity index (χ3n) is 3.43. The van der Waals surface area contributed by atoms with E-state index in [9.17, 15) is 13.2 Å². The van der Waals surface area contributed by atoms with E-state index >= 15 is 0 Å². The monoisotopic (exact) mass is 336 g/mol. The van der Waals surface area contributed by atoms with Gasteiger partial charge in [-0.1, -0.05) is 23.2 Å². The highest BCUT2D eigenvalue weighted by Gasteiger charge is 2.34. The van der Waals surface area contributed by atoms with Crippen LogP contribution in [0, 0.1) is 0 Å². The van der Waals surface area contributed by atoms with Gasteiger partial charge in [-0.2, -0.15) is 0 Å². The fourth-order valence-electron chi connectivity index (χ4n) is 2.11. The Labute approximate surface area is 127 Å². The molecule has 1 aliphatic rings. The van der Waals surface area contributed by atoms with Crippen LogP contribution < -0.4 is 10.5 Å². The summed E-state index contributed by atoms with van der Waals surface area (Å²) in [5.74, 6) is -0.454. The maximum Gasteiger partial charge on any atom is 0.253 e. The van der Waals surface area contributed by atoms with E-state index in [2.05, 4.69) is 5.32 Å². The molecule has 0 aromatic heterocycles. The van der Waals surface area contributed by atoms with Crippen molar-refractivity contribution < 1.29 is 13.2 Å². The van der Waals surface area contributed by atoms with E-state index in [-0.39, 0.29) is 26.0 Å². The minimum Gasteiger partial charge on any atom is -0.347 e. The number of carbonyl (C=O) groups excluding carboxylic acids is 1. The van der Waals surface area contributed by atoms with Gasteiger partial charge in [0.05, 0.1) is 10.6 Å². The molecule has 2 rings (SSSR count). The van der Waals surface area contributed by atoms with E-state index in [1.807, 2.05) is 6.92 Å². The molecule has 0 bridgehead atoms. The molecule has 3 N–H and O–H groups in total. The average molecular weight is 337 g/mol. The summed E-state index contributed by atoms with van der Waals surface area (Å²) in [6.45, 7) is 1.92. The van der Waals surface area contributed by atoms with E-state index in [0.717, 1.165) is 25.3 Å². The molecule has 110 valence electrons. The van der Waals surface area contributed by atoms with Crippen LogP contribution in [0.3, 0.4) is 0 Å². The molecule has 0 aliphatic heterocycles. The highest BCUT2D eigenvalue weighted by molar-refractivity contribution is 7.89. The number of carbonyl (C=O) groups is 1. The third-order valence-corrected chi connectivity index (χ3v) is 5.10. The van der Waals surface area contributed by atoms with Crippen LogP contribution in [0.2, 0.25) is 10.0 Å². The topological polar surface area (TPSA) is 89.3 Å². The molecular weight excluding hydrogens is 323 g/mol. The summed E-state index contributed by atoms with van der Waals surface area (Å²) in [5.41, 5.74) is -0.263. The molecule has 1 aromatic rings. The van der Waals surface area contributed by atoms with Crippen LogP contribution in [0.5, 0.6) is 0 Å². The van der Waals surface area contributed by atoms with Crippen molar-refractivity contribution in [1.29, 1.82) is 0 Å². The summed E-state index contributed by atoms with van der Waals surface area (Å²) in [4.78, 5) is 11.9. The largest absolute Gasteiger partial charge is 0.347 e. The second-order valence-corrected chi connectivity index (χ2v) is 7.52. The second-order valence-electron chi connectivity index (χ2n) is 5.18. The van der Waals surface area contributed by atoms with E-state index < -0.39 is 15.9 Å². The minimum absolute atomic E-state index is 0.0105. The van der Waals surface area contributed by atoms with E-state index in [1.165, 1.54) is 6.07 Å². The van der Waals surface area contributed by atoms with Crippen molar-refractivity contribution in [3.05, 3.63) is 27.7 Å². The van der Waals surface area contributed by atoms with Gasteiger partial charge in [0.25, 0.3) is 5.91 Å². The molecule has 1 amide bonds. The number of benzene rings is 1. The van der Waals surface area contributed by atoms with Crippen molar-refractivity contribution in [2.45, 2.75) is 36.6 Å². The minimum atomic E-state index is -4.04. The first-order valence-corrected chi connectivity index (χ1v) is 8.27. The molecule has 0 unspecified atom stereocenters. The van der Waals surface area contributed by atoms with Crippen molar-refractivity contribution in [3.63, 3.8) is 0 Å². The Hall–Kier alpha value is -0.820. The molecule has 1 fully saturated rings. The lowest BCUT2D eigenvalue weighted by atomic mass is 9.78. The molecule has 1 aliphatic carbocycles. The quantitative estimate of drug-likeness (QED) is 0.887. The van der Waals surface area contributed by atoms with Gasteiger partial charge >= 0.3 is 0 Å². The van der Waals surface area contributed by atoms with Crippen LogP contribution in [0.25, 0.3) is 0 Å². The average Bonchev–Trinajstić information content (AvgIpc) is 2.28. The van der Waals surface area contributed by atoms with Gasteiger partial charge in [0.1, 0.15) is 4.90 Å². The zero-order chi connectivity index (χ0) is 15.1. The standard InChI is InChI=1S/C12H14Cl2N2O3S/c1-12(3-2-4-12)16-11(17)8-5-7(13)6-9(10(8)14)20(15,18)19/h5-6H,2-4H2,1H3,(H,16,17)(H2,15,18,19). The normalized spacial score (nSPS) is 17.4. The maximum absolute atomic E-state index is 12.2. The lowest BCUT2D eigenvalue weighted by Crippen LogP contribution is -2.51. The second kappa shape index (κ2) is 5.18. The summed E-state index contributed by atoms with van der Waals surface area (Å²) in [7, 11) is -4.04. The molecular formula is C12H14Cl2N2O3S. The number of rotatable bonds is 3. The van der Waals surface area contributed by atoms with E-state index in [0.29, 0.717) is 0 Å². The van der Waals surface area contributed by atoms with Crippen molar-refractivity contribution >= 4 is 39.1 Å². The van der Waals surface area contributed by atoms with Crippen LogP contribution in [0.15, 0.2) is 17.0 Å². The predicted octanol–water partition coefficient (Wildman–Crippen LogP) is 2.31. The van der Waals surface area contributed by atoms with E-state index in [4.69, 9.17) is 28.3 Å². The van der Waals surface area contributed by atoms with Crippen LogP contribution >= 0.6 is 23.2 Å². The van der Waals surface area contributed by atoms with Crippen LogP contribution in [0.4, 0.5) is 0 Å². The molecule has 8 heteroatoms. The van der Waals surface area contributed by atoms with Crippen molar-refractivity contribution in [1.82, 2.24) is 5.32 Å². The summed E-state index contributed by atoms with van der Waals surface area (Å²) in [6.07, 6.45) is 2.79. The van der Waals surface area contributed by atoms with Gasteiger partial charge in [0.2, 0.25) is 10.0 Å². The number of nitrogens with one attached hydrogen (secondary N) is 1. The number of hydrogen-bond acceptors (Lipinski definition) is 3. The number of amides is 1. The Balaban J connectivity index is 2.41. The summed E-state index contributed by atoms with van der Waals surface area (Å²) >= 11 is 11.8. The first kappa shape index (κ1) is 15.6. The zero-order valence-corrected chi connectivity index (χ0v) is 13.1. The summed E-state index contributed by atoms with van der Waals surface area (Å²) < 4.78 is 22.9. The number of nitrogens with two attached hydrogens (primary N) is 1. The molecule has 0 heterocycles. The molecule has 1 saturated carbocycles. The molecule has 0 saturated heterocycles. The fourth-order valence-corrected chi connectivity index (χ4v) is 3.56. The zero-order valence-electron chi connectivity index (χ0n) is 10.7. The lowest BCUT2D eigenvalue weighted by Gasteiger charge is -2.39. The highest BCUT2D eigenvalue weighted by Crippen LogP contribution is 2.33. The summed E-state index contributed by atoms with van der Waals surface area (Å²) in [5, 5.41) is 7.77. The lowest BCUT2D eigenvalue weighted by molar-refractivity contribution is 0.0850. The molecule has 1 aromatic carbocycles. The van der Waals surface area contributed by atoms with Gasteiger partial charge in [0.15, 0.2) is 0 Å². The molecule has 0 atom stereocenters. The Morgan fingerprint density at radius 1 is 1.35 bits per heavy atom. The first-order valence-electron chi connectivity index (χ1n) is 5.97. The maximum atomic E-state index is 12.2. The molecule has 20 heavy (non-hydrogen) atoms. The number of hydrogen-bond donors (Lipinski definition) is 2. The summed E-state index contributed by atoms with van der Waals surface area (Å²) in [6, 6.07) is 2.46. The van der Waals surface area contributed by atoms with Gasteiger partial charge in [-0.15, -0.1) is 0 Å². The Bertz CT molecular complexity index is 670. The van der Waals surface area contributed by atoms with Gasteiger partial charge in [0, 0.05) is 10.6 Å². The van der Waals surface area contributed by atoms with Crippen molar-refractivity contribution in [2.24, 2.45) is 5.14 Å². The Morgan fingerprint density at radius 3 is 2.40 bits per heavy atom. The predicted molar refractivity (Wildman–Crippen MR) is 77.6 cm³/mol. The van der Waals surface area contributed by atoms with Gasteiger partial charge in [-0.3, -0.25) is 4.79 Å². The Morgan fingerprint density at radius 2 is 1.95 bits per heavy atom. The number of sulfonamides is 1. The fraction of sp³-hybridized carbons (Fsp3) is 0.417.